The number of carbonyl (C=O) groups is 3. The van der Waals surface area contributed by atoms with Crippen LogP contribution in [0, 0.1) is 0 Å². The molecule has 0 bridgehead atoms. The molecule has 2 unspecified atom stereocenters. The molecule has 2 aliphatic heterocycles. The number of esters is 1. The predicted molar refractivity (Wildman–Crippen MR) is 144 cm³/mol. The van der Waals surface area contributed by atoms with Crippen molar-refractivity contribution in [2.24, 2.45) is 5.73 Å². The molecule has 3 aromatic rings. The number of nitrogens with zero attached hydrogens (tertiary/aromatic N) is 1. The van der Waals surface area contributed by atoms with Gasteiger partial charge in [-0.25, -0.2) is 4.79 Å². The Morgan fingerprint density at radius 3 is 2.13 bits per heavy atom. The standard InChI is InChI=1S/C28H24ClN3O5S/c29-20-15-38-27-22(31-25(34)21(30)16-11-13-19(33)14-12-16)26(35)32(27)23(20)28(36)37-24(17-7-3-1-4-8-17)18-9-5-2-6-10-18/h1-14,21-22,24,27,33H,15,30H2,(H,31,34)/t21?,22?,27-/m0/s1. The molecule has 3 aromatic carbocycles. The molecule has 2 amide bonds. The van der Waals surface area contributed by atoms with Gasteiger partial charge in [0, 0.05) is 5.75 Å². The molecular formula is C28H24ClN3O5S. The molecule has 4 N–H and O–H groups in total. The molecule has 0 aliphatic carbocycles. The number of halogens is 1. The third kappa shape index (κ3) is 5.00. The number of β-lactam (4-membered cyclic amide) rings is 1. The number of rotatable bonds is 7. The summed E-state index contributed by atoms with van der Waals surface area (Å²) < 4.78 is 5.94. The number of hydrogen-bond donors (Lipinski definition) is 3. The van der Waals surface area contributed by atoms with Crippen molar-refractivity contribution < 1.29 is 24.2 Å². The lowest BCUT2D eigenvalue weighted by Crippen LogP contribution is -2.71. The van der Waals surface area contributed by atoms with Gasteiger partial charge in [-0.1, -0.05) is 84.4 Å². The molecule has 2 heterocycles. The number of aromatic hydroxyl groups is 1. The number of phenolic OH excluding ortho intramolecular Hbond substituents is 1. The fourth-order valence-electron chi connectivity index (χ4n) is 4.40. The zero-order valence-electron chi connectivity index (χ0n) is 20.0. The topological polar surface area (TPSA) is 122 Å². The molecular weight excluding hydrogens is 526 g/mol. The summed E-state index contributed by atoms with van der Waals surface area (Å²) in [6, 6.07) is 22.6. The van der Waals surface area contributed by atoms with Crippen LogP contribution in [0.1, 0.15) is 28.8 Å². The number of phenols is 1. The van der Waals surface area contributed by atoms with Crippen LogP contribution in [0.15, 0.2) is 95.7 Å². The highest BCUT2D eigenvalue weighted by molar-refractivity contribution is 8.00. The van der Waals surface area contributed by atoms with Crippen LogP contribution in [0.25, 0.3) is 0 Å². The number of nitrogens with one attached hydrogen (secondary N) is 1. The van der Waals surface area contributed by atoms with Gasteiger partial charge < -0.3 is 20.9 Å². The summed E-state index contributed by atoms with van der Waals surface area (Å²) >= 11 is 7.78. The Morgan fingerprint density at radius 1 is 0.974 bits per heavy atom. The first kappa shape index (κ1) is 25.8. The van der Waals surface area contributed by atoms with Crippen LogP contribution in [-0.4, -0.2) is 45.0 Å². The van der Waals surface area contributed by atoms with Crippen molar-refractivity contribution >= 4 is 41.1 Å². The van der Waals surface area contributed by atoms with Gasteiger partial charge in [0.15, 0.2) is 6.10 Å². The predicted octanol–water partition coefficient (Wildman–Crippen LogP) is 3.58. The van der Waals surface area contributed by atoms with Crippen LogP contribution in [0.2, 0.25) is 0 Å². The molecule has 38 heavy (non-hydrogen) atoms. The van der Waals surface area contributed by atoms with Crippen molar-refractivity contribution in [3.05, 3.63) is 112 Å². The number of fused-ring (bicyclic) bond motifs is 1. The summed E-state index contributed by atoms with van der Waals surface area (Å²) in [6.45, 7) is 0. The summed E-state index contributed by atoms with van der Waals surface area (Å²) in [5.41, 5.74) is 8.07. The van der Waals surface area contributed by atoms with E-state index in [9.17, 15) is 19.5 Å². The van der Waals surface area contributed by atoms with Crippen LogP contribution >= 0.6 is 23.4 Å². The maximum absolute atomic E-state index is 13.5. The van der Waals surface area contributed by atoms with Crippen LogP contribution < -0.4 is 11.1 Å². The average Bonchev–Trinajstić information content (AvgIpc) is 2.95. The number of amides is 2. The van der Waals surface area contributed by atoms with Crippen molar-refractivity contribution in [1.29, 1.82) is 0 Å². The molecule has 2 aliphatic rings. The summed E-state index contributed by atoms with van der Waals surface area (Å²) in [4.78, 5) is 40.7. The van der Waals surface area contributed by atoms with Crippen LogP contribution in [0.5, 0.6) is 5.75 Å². The molecule has 10 heteroatoms. The van der Waals surface area contributed by atoms with Gasteiger partial charge in [-0.15, -0.1) is 11.8 Å². The molecule has 5 rings (SSSR count). The molecule has 0 aromatic heterocycles. The van der Waals surface area contributed by atoms with Gasteiger partial charge in [-0.2, -0.15) is 0 Å². The van der Waals surface area contributed by atoms with E-state index in [1.807, 2.05) is 60.7 Å². The lowest BCUT2D eigenvalue weighted by Gasteiger charge is -2.49. The van der Waals surface area contributed by atoms with E-state index in [1.54, 1.807) is 0 Å². The van der Waals surface area contributed by atoms with Crippen molar-refractivity contribution in [3.8, 4) is 5.75 Å². The van der Waals surface area contributed by atoms with E-state index in [4.69, 9.17) is 22.1 Å². The van der Waals surface area contributed by atoms with Gasteiger partial charge in [0.05, 0.1) is 5.03 Å². The molecule has 0 radical (unpaired) electrons. The minimum Gasteiger partial charge on any atom is -0.508 e. The first-order valence-electron chi connectivity index (χ1n) is 11.8. The van der Waals surface area contributed by atoms with Crippen LogP contribution in [0.3, 0.4) is 0 Å². The monoisotopic (exact) mass is 549 g/mol. The van der Waals surface area contributed by atoms with E-state index in [-0.39, 0.29) is 22.2 Å². The van der Waals surface area contributed by atoms with Crippen LogP contribution in [0.4, 0.5) is 0 Å². The van der Waals surface area contributed by atoms with Gasteiger partial charge in [0.25, 0.3) is 5.91 Å². The number of ether oxygens (including phenoxy) is 1. The molecule has 0 spiro atoms. The summed E-state index contributed by atoms with van der Waals surface area (Å²) in [5.74, 6) is -1.42. The smallest absolute Gasteiger partial charge is 0.357 e. The first-order chi connectivity index (χ1) is 18.3. The average molecular weight is 550 g/mol. The van der Waals surface area contributed by atoms with E-state index in [2.05, 4.69) is 5.32 Å². The van der Waals surface area contributed by atoms with Crippen LogP contribution in [-0.2, 0) is 19.1 Å². The largest absolute Gasteiger partial charge is 0.508 e. The zero-order valence-corrected chi connectivity index (χ0v) is 21.6. The second kappa shape index (κ2) is 10.9. The Morgan fingerprint density at radius 2 is 1.55 bits per heavy atom. The first-order valence-corrected chi connectivity index (χ1v) is 13.3. The molecule has 1 saturated heterocycles. The third-order valence-electron chi connectivity index (χ3n) is 6.38. The molecule has 0 saturated carbocycles. The van der Waals surface area contributed by atoms with Gasteiger partial charge in [-0.05, 0) is 28.8 Å². The quantitative estimate of drug-likeness (QED) is 0.304. The minimum absolute atomic E-state index is 0.0226. The number of carbonyl (C=O) groups excluding carboxylic acids is 3. The molecule has 194 valence electrons. The van der Waals surface area contributed by atoms with Gasteiger partial charge in [0.1, 0.15) is 28.9 Å². The Kier molecular flexibility index (Phi) is 7.42. The third-order valence-corrected chi connectivity index (χ3v) is 8.13. The lowest BCUT2D eigenvalue weighted by molar-refractivity contribution is -0.154. The Hall–Kier alpha value is -3.79. The summed E-state index contributed by atoms with van der Waals surface area (Å²) in [7, 11) is 0. The van der Waals surface area contributed by atoms with Crippen molar-refractivity contribution in [1.82, 2.24) is 10.2 Å². The Balaban J connectivity index is 1.32. The van der Waals surface area contributed by atoms with Crippen molar-refractivity contribution in [2.45, 2.75) is 23.6 Å². The maximum Gasteiger partial charge on any atom is 0.357 e. The maximum atomic E-state index is 13.5. The normalized spacial score (nSPS) is 19.4. The minimum atomic E-state index is -1.04. The van der Waals surface area contributed by atoms with E-state index < -0.39 is 41.3 Å². The second-order valence-corrected chi connectivity index (χ2v) is 10.4. The van der Waals surface area contributed by atoms with E-state index >= 15 is 0 Å². The fourth-order valence-corrected chi connectivity index (χ4v) is 5.94. The number of benzene rings is 3. The summed E-state index contributed by atoms with van der Waals surface area (Å²) in [5, 5.41) is 11.8. The zero-order chi connectivity index (χ0) is 26.8. The Labute approximate surface area is 228 Å². The molecule has 8 nitrogen and oxygen atoms in total. The highest BCUT2D eigenvalue weighted by Gasteiger charge is 2.54. The second-order valence-electron chi connectivity index (χ2n) is 8.83. The van der Waals surface area contributed by atoms with Crippen molar-refractivity contribution in [2.75, 3.05) is 5.75 Å². The highest BCUT2D eigenvalue weighted by Crippen LogP contribution is 2.42. The van der Waals surface area contributed by atoms with Crippen molar-refractivity contribution in [3.63, 3.8) is 0 Å². The number of hydrogen-bond acceptors (Lipinski definition) is 7. The number of nitrogens with two attached hydrogens (primary N) is 1. The SMILES string of the molecule is NC(C(=O)NC1C(=O)N2C(C(=O)OC(c3ccccc3)c3ccccc3)=C(Cl)CS[C@@H]12)c1ccc(O)cc1. The lowest BCUT2D eigenvalue weighted by atomic mass is 10.0. The van der Waals surface area contributed by atoms with E-state index in [1.165, 1.54) is 40.9 Å². The highest BCUT2D eigenvalue weighted by atomic mass is 35.5. The molecule has 3 atom stereocenters. The van der Waals surface area contributed by atoms with Gasteiger partial charge in [-0.3, -0.25) is 14.5 Å². The van der Waals surface area contributed by atoms with Gasteiger partial charge >= 0.3 is 5.97 Å². The number of thioether (sulfide) groups is 1. The van der Waals surface area contributed by atoms with E-state index in [0.717, 1.165) is 11.1 Å². The van der Waals surface area contributed by atoms with E-state index in [0.29, 0.717) is 5.56 Å². The van der Waals surface area contributed by atoms with Gasteiger partial charge in [0.2, 0.25) is 5.91 Å². The summed E-state index contributed by atoms with van der Waals surface area (Å²) in [6.07, 6.45) is -0.704. The fraction of sp³-hybridized carbons (Fsp3) is 0.179. The Bertz CT molecular complexity index is 1350. The molecule has 1 fully saturated rings.